The third-order valence-electron chi connectivity index (χ3n) is 5.08. The summed E-state index contributed by atoms with van der Waals surface area (Å²) in [6.07, 6.45) is 5.75. The number of ether oxygens (including phenoxy) is 1. The van der Waals surface area contributed by atoms with Gasteiger partial charge in [-0.3, -0.25) is 9.78 Å². The number of fused-ring (bicyclic) bond motifs is 1. The van der Waals surface area contributed by atoms with Crippen molar-refractivity contribution >= 4 is 21.8 Å². The Balaban J connectivity index is 1.52. The van der Waals surface area contributed by atoms with Crippen molar-refractivity contribution < 1.29 is 17.9 Å². The van der Waals surface area contributed by atoms with E-state index in [2.05, 4.69) is 14.7 Å². The molecule has 1 fully saturated rings. The minimum Gasteiger partial charge on any atom is -0.490 e. The van der Waals surface area contributed by atoms with Crippen molar-refractivity contribution in [2.24, 2.45) is 10.1 Å². The Morgan fingerprint density at radius 1 is 1.21 bits per heavy atom. The lowest BCUT2D eigenvalue weighted by Crippen LogP contribution is -2.57. The largest absolute Gasteiger partial charge is 0.490 e. The Labute approximate surface area is 162 Å². The van der Waals surface area contributed by atoms with Crippen LogP contribution in [0.4, 0.5) is 0 Å². The molecule has 2 heterocycles. The molecular formula is C19H20N4O4S. The topological polar surface area (TPSA) is 124 Å². The van der Waals surface area contributed by atoms with Gasteiger partial charge < -0.3 is 15.8 Å². The highest BCUT2D eigenvalue weighted by molar-refractivity contribution is 7.89. The van der Waals surface area contributed by atoms with E-state index in [1.165, 1.54) is 0 Å². The Kier molecular flexibility index (Phi) is 4.54. The molecule has 0 radical (unpaired) electrons. The second-order valence-corrected chi connectivity index (χ2v) is 8.74. The predicted octanol–water partition coefficient (Wildman–Crippen LogP) is 1.36. The molecule has 1 saturated carbocycles. The molecule has 4 rings (SSSR count). The normalized spacial score (nSPS) is 18.9. The first-order valence-electron chi connectivity index (χ1n) is 8.93. The number of pyridine rings is 1. The molecule has 146 valence electrons. The van der Waals surface area contributed by atoms with Crippen LogP contribution in [-0.2, 0) is 15.8 Å². The Morgan fingerprint density at radius 3 is 2.64 bits per heavy atom. The molecule has 8 nitrogen and oxygen atoms in total. The van der Waals surface area contributed by atoms with E-state index in [1.807, 2.05) is 0 Å². The minimum absolute atomic E-state index is 0.0691. The highest BCUT2D eigenvalue weighted by Gasteiger charge is 2.40. The predicted molar refractivity (Wildman–Crippen MR) is 104 cm³/mol. The summed E-state index contributed by atoms with van der Waals surface area (Å²) in [7, 11) is -3.60. The van der Waals surface area contributed by atoms with Gasteiger partial charge in [-0.25, -0.2) is 8.42 Å². The number of rotatable bonds is 5. The standard InChI is InChI=1S/C19H20N4O4S/c20-17-16-14(11-28(25,26)23-17)3-1-4-15(16)27-12-19(7-2-8-19)22-18(24)13-5-9-21-10-6-13/h1,3-6,9-10H,2,7-8,11-12H2,(H2,20,23)(H,22,24). The summed E-state index contributed by atoms with van der Waals surface area (Å²) in [4.78, 5) is 16.4. The van der Waals surface area contributed by atoms with Gasteiger partial charge in [-0.05, 0) is 43.0 Å². The fourth-order valence-corrected chi connectivity index (χ4v) is 4.56. The molecule has 1 aliphatic heterocycles. The quantitative estimate of drug-likeness (QED) is 0.781. The van der Waals surface area contributed by atoms with E-state index in [9.17, 15) is 13.2 Å². The van der Waals surface area contributed by atoms with E-state index in [4.69, 9.17) is 10.5 Å². The SMILES string of the molecule is NC1=NS(=O)(=O)Cc2cccc(OCC3(NC(=O)c4ccncc4)CCC3)c21. The van der Waals surface area contributed by atoms with Crippen LogP contribution in [0, 0.1) is 0 Å². The first kappa shape index (κ1) is 18.4. The second kappa shape index (κ2) is 6.90. The zero-order valence-electron chi connectivity index (χ0n) is 15.1. The Hall–Kier alpha value is -2.94. The van der Waals surface area contributed by atoms with Gasteiger partial charge in [0.05, 0.1) is 16.9 Å². The van der Waals surface area contributed by atoms with Crippen LogP contribution in [-0.4, -0.2) is 37.3 Å². The number of sulfonamides is 1. The van der Waals surface area contributed by atoms with Gasteiger partial charge in [0.15, 0.2) is 0 Å². The summed E-state index contributed by atoms with van der Waals surface area (Å²) in [6, 6.07) is 8.48. The second-order valence-electron chi connectivity index (χ2n) is 7.11. The van der Waals surface area contributed by atoms with Crippen LogP contribution in [0.5, 0.6) is 5.75 Å². The van der Waals surface area contributed by atoms with Gasteiger partial charge in [0.25, 0.3) is 15.9 Å². The summed E-state index contributed by atoms with van der Waals surface area (Å²) in [5, 5.41) is 3.07. The molecule has 1 aromatic carbocycles. The number of nitrogens with zero attached hydrogens (tertiary/aromatic N) is 2. The zero-order valence-corrected chi connectivity index (χ0v) is 15.9. The van der Waals surface area contributed by atoms with E-state index in [0.717, 1.165) is 19.3 Å². The Bertz CT molecular complexity index is 1050. The van der Waals surface area contributed by atoms with Gasteiger partial charge in [0, 0.05) is 18.0 Å². The number of hydrogen-bond acceptors (Lipinski definition) is 6. The van der Waals surface area contributed by atoms with Gasteiger partial charge >= 0.3 is 0 Å². The van der Waals surface area contributed by atoms with Crippen LogP contribution >= 0.6 is 0 Å². The van der Waals surface area contributed by atoms with Crippen molar-refractivity contribution in [3.8, 4) is 5.75 Å². The van der Waals surface area contributed by atoms with Gasteiger partial charge in [0.2, 0.25) is 0 Å². The molecule has 0 atom stereocenters. The maximum Gasteiger partial charge on any atom is 0.259 e. The van der Waals surface area contributed by atoms with Crippen LogP contribution in [0.25, 0.3) is 0 Å². The molecule has 0 unspecified atom stereocenters. The van der Waals surface area contributed by atoms with Crippen molar-refractivity contribution in [1.29, 1.82) is 0 Å². The lowest BCUT2D eigenvalue weighted by molar-refractivity contribution is 0.0691. The number of nitrogens with one attached hydrogen (secondary N) is 1. The van der Waals surface area contributed by atoms with Gasteiger partial charge in [-0.15, -0.1) is 4.40 Å². The van der Waals surface area contributed by atoms with Crippen molar-refractivity contribution in [2.75, 3.05) is 6.61 Å². The molecule has 1 aromatic heterocycles. The number of hydrogen-bond donors (Lipinski definition) is 2. The molecule has 9 heteroatoms. The number of carbonyl (C=O) groups excluding carboxylic acids is 1. The first-order valence-corrected chi connectivity index (χ1v) is 10.5. The van der Waals surface area contributed by atoms with E-state index < -0.39 is 15.6 Å². The highest BCUT2D eigenvalue weighted by Crippen LogP contribution is 2.34. The molecule has 1 amide bonds. The molecule has 3 N–H and O–H groups in total. The number of amides is 1. The number of carbonyl (C=O) groups is 1. The van der Waals surface area contributed by atoms with E-state index in [0.29, 0.717) is 22.4 Å². The summed E-state index contributed by atoms with van der Waals surface area (Å²) in [6.45, 7) is 0.264. The lowest BCUT2D eigenvalue weighted by Gasteiger charge is -2.42. The van der Waals surface area contributed by atoms with Crippen molar-refractivity contribution in [3.63, 3.8) is 0 Å². The molecule has 2 aromatic rings. The maximum absolute atomic E-state index is 12.5. The van der Waals surface area contributed by atoms with Crippen LogP contribution in [0.2, 0.25) is 0 Å². The fourth-order valence-electron chi connectivity index (χ4n) is 3.47. The van der Waals surface area contributed by atoms with Crippen LogP contribution in [0.15, 0.2) is 47.1 Å². The minimum atomic E-state index is -3.60. The number of amidine groups is 1. The average Bonchev–Trinajstić information content (AvgIpc) is 2.63. The molecule has 0 saturated heterocycles. The van der Waals surface area contributed by atoms with E-state index in [1.54, 1.807) is 42.7 Å². The average molecular weight is 400 g/mol. The summed E-state index contributed by atoms with van der Waals surface area (Å²) in [5.74, 6) is 0.0239. The van der Waals surface area contributed by atoms with Gasteiger partial charge in [-0.2, -0.15) is 0 Å². The molecular weight excluding hydrogens is 380 g/mol. The van der Waals surface area contributed by atoms with E-state index in [-0.39, 0.29) is 24.1 Å². The lowest BCUT2D eigenvalue weighted by atomic mass is 9.77. The molecule has 0 spiro atoms. The van der Waals surface area contributed by atoms with Crippen LogP contribution in [0.3, 0.4) is 0 Å². The third kappa shape index (κ3) is 3.57. The monoisotopic (exact) mass is 400 g/mol. The number of aromatic nitrogens is 1. The Morgan fingerprint density at radius 2 is 1.96 bits per heavy atom. The van der Waals surface area contributed by atoms with Crippen molar-refractivity contribution in [3.05, 3.63) is 59.4 Å². The molecule has 2 aliphatic rings. The summed E-state index contributed by atoms with van der Waals surface area (Å²) < 4.78 is 33.2. The maximum atomic E-state index is 12.5. The highest BCUT2D eigenvalue weighted by atomic mass is 32.2. The number of nitrogens with two attached hydrogens (primary N) is 1. The fraction of sp³-hybridized carbons (Fsp3) is 0.316. The van der Waals surface area contributed by atoms with E-state index >= 15 is 0 Å². The third-order valence-corrected chi connectivity index (χ3v) is 6.23. The molecule has 28 heavy (non-hydrogen) atoms. The van der Waals surface area contributed by atoms with Crippen molar-refractivity contribution in [1.82, 2.24) is 10.3 Å². The van der Waals surface area contributed by atoms with Crippen LogP contribution < -0.4 is 15.8 Å². The van der Waals surface area contributed by atoms with Gasteiger partial charge in [0.1, 0.15) is 18.2 Å². The molecule has 0 bridgehead atoms. The van der Waals surface area contributed by atoms with Crippen molar-refractivity contribution in [2.45, 2.75) is 30.6 Å². The number of benzene rings is 1. The summed E-state index contributed by atoms with van der Waals surface area (Å²) in [5.41, 5.74) is 7.03. The van der Waals surface area contributed by atoms with Gasteiger partial charge in [-0.1, -0.05) is 12.1 Å². The summed E-state index contributed by atoms with van der Waals surface area (Å²) >= 11 is 0. The molecule has 1 aliphatic carbocycles. The zero-order chi connectivity index (χ0) is 19.8. The smallest absolute Gasteiger partial charge is 0.259 e. The van der Waals surface area contributed by atoms with Crippen LogP contribution in [0.1, 0.15) is 40.7 Å². The first-order chi connectivity index (χ1) is 13.4.